The lowest BCUT2D eigenvalue weighted by Crippen LogP contribution is -2.33. The summed E-state index contributed by atoms with van der Waals surface area (Å²) in [5.41, 5.74) is 11.2. The average molecular weight is 129 g/mol. The van der Waals surface area contributed by atoms with Crippen molar-refractivity contribution in [3.63, 3.8) is 0 Å². The molecule has 0 aliphatic heterocycles. The Labute approximate surface area is 57.6 Å². The molecule has 2 heteroatoms. The zero-order valence-electron chi connectivity index (χ0n) is 6.14. The molecule has 0 aromatic carbocycles. The van der Waals surface area contributed by atoms with Gasteiger partial charge in [0, 0.05) is 6.04 Å². The molecule has 0 saturated heterocycles. The van der Waals surface area contributed by atoms with E-state index in [-0.39, 0.29) is 6.04 Å². The Balaban J connectivity index is 3.50. The highest BCUT2D eigenvalue weighted by molar-refractivity contribution is 4.72. The predicted molar refractivity (Wildman–Crippen MR) is 40.8 cm³/mol. The summed E-state index contributed by atoms with van der Waals surface area (Å²) in [5.74, 6) is 0.412. The van der Waals surface area contributed by atoms with Gasteiger partial charge in [-0.3, -0.25) is 0 Å². The molecule has 0 aliphatic carbocycles. The summed E-state index contributed by atoms with van der Waals surface area (Å²) in [7, 11) is 0. The van der Waals surface area contributed by atoms with Crippen LogP contribution in [-0.2, 0) is 0 Å². The summed E-state index contributed by atoms with van der Waals surface area (Å²) < 4.78 is 0. The van der Waals surface area contributed by atoms with E-state index in [1.807, 2.05) is 0 Å². The van der Waals surface area contributed by atoms with Crippen LogP contribution < -0.4 is 11.5 Å². The van der Waals surface area contributed by atoms with Gasteiger partial charge in [0.05, 0.1) is 0 Å². The zero-order chi connectivity index (χ0) is 7.28. The van der Waals surface area contributed by atoms with Gasteiger partial charge in [-0.15, -0.1) is 0 Å². The van der Waals surface area contributed by atoms with E-state index >= 15 is 0 Å². The van der Waals surface area contributed by atoms with Crippen molar-refractivity contribution in [2.75, 3.05) is 6.54 Å². The maximum atomic E-state index is 5.72. The predicted octanol–water partition coefficient (Wildman–Crippen LogP) is 0.523. The monoisotopic (exact) mass is 129 g/mol. The maximum absolute atomic E-state index is 5.72. The Morgan fingerprint density at radius 1 is 1.56 bits per heavy atom. The first-order valence-electron chi connectivity index (χ1n) is 3.51. The molecule has 9 heavy (non-hydrogen) atoms. The molecule has 1 radical (unpaired) electrons. The molecule has 55 valence electrons. The lowest BCUT2D eigenvalue weighted by Gasteiger charge is -2.18. The molecule has 0 amide bonds. The van der Waals surface area contributed by atoms with Gasteiger partial charge in [-0.05, 0) is 25.3 Å². The summed E-state index contributed by atoms with van der Waals surface area (Å²) in [5, 5.41) is 0. The van der Waals surface area contributed by atoms with Gasteiger partial charge in [0.1, 0.15) is 0 Å². The molecule has 2 nitrogen and oxygen atoms in total. The van der Waals surface area contributed by atoms with Crippen molar-refractivity contribution in [2.45, 2.75) is 25.8 Å². The van der Waals surface area contributed by atoms with E-state index in [4.69, 9.17) is 11.5 Å². The van der Waals surface area contributed by atoms with E-state index in [1.54, 1.807) is 0 Å². The molecule has 2 unspecified atom stereocenters. The van der Waals surface area contributed by atoms with Crippen molar-refractivity contribution < 1.29 is 0 Å². The molecule has 0 saturated carbocycles. The van der Waals surface area contributed by atoms with Crippen molar-refractivity contribution in [2.24, 2.45) is 17.4 Å². The van der Waals surface area contributed by atoms with Crippen LogP contribution in [0, 0.1) is 12.8 Å². The zero-order valence-corrected chi connectivity index (χ0v) is 6.14. The van der Waals surface area contributed by atoms with Gasteiger partial charge >= 0.3 is 0 Å². The summed E-state index contributed by atoms with van der Waals surface area (Å²) in [6.45, 7) is 6.50. The largest absolute Gasteiger partial charge is 0.330 e. The second kappa shape index (κ2) is 4.77. The first-order valence-corrected chi connectivity index (χ1v) is 3.51. The minimum Gasteiger partial charge on any atom is -0.330 e. The summed E-state index contributed by atoms with van der Waals surface area (Å²) in [4.78, 5) is 0. The molecular weight excluding hydrogens is 112 g/mol. The second-order valence-electron chi connectivity index (χ2n) is 2.36. The highest BCUT2D eigenvalue weighted by Crippen LogP contribution is 2.06. The molecule has 0 aromatic rings. The van der Waals surface area contributed by atoms with Gasteiger partial charge in [-0.25, -0.2) is 0 Å². The number of hydrogen-bond donors (Lipinski definition) is 2. The SMILES string of the molecule is [CH2]CC(CN)C(N)CC. The van der Waals surface area contributed by atoms with Gasteiger partial charge in [0.15, 0.2) is 0 Å². The Morgan fingerprint density at radius 3 is 2.22 bits per heavy atom. The molecule has 0 spiro atoms. The highest BCUT2D eigenvalue weighted by atomic mass is 14.7. The van der Waals surface area contributed by atoms with Gasteiger partial charge in [-0.1, -0.05) is 13.8 Å². The van der Waals surface area contributed by atoms with Crippen molar-refractivity contribution in [1.82, 2.24) is 0 Å². The number of nitrogens with two attached hydrogens (primary N) is 2. The smallest absolute Gasteiger partial charge is 0.00765 e. The molecule has 4 N–H and O–H groups in total. The number of hydrogen-bond acceptors (Lipinski definition) is 2. The van der Waals surface area contributed by atoms with Crippen LogP contribution in [0.25, 0.3) is 0 Å². The van der Waals surface area contributed by atoms with Crippen LogP contribution in [0.2, 0.25) is 0 Å². The first-order chi connectivity index (χ1) is 4.26. The second-order valence-corrected chi connectivity index (χ2v) is 2.36. The third kappa shape index (κ3) is 2.82. The fraction of sp³-hybridized carbons (Fsp3) is 0.857. The molecule has 0 fully saturated rings. The van der Waals surface area contributed by atoms with Crippen LogP contribution in [-0.4, -0.2) is 12.6 Å². The van der Waals surface area contributed by atoms with E-state index in [9.17, 15) is 0 Å². The fourth-order valence-corrected chi connectivity index (χ4v) is 0.840. The van der Waals surface area contributed by atoms with Crippen LogP contribution in [0.4, 0.5) is 0 Å². The third-order valence-electron chi connectivity index (χ3n) is 1.75. The third-order valence-corrected chi connectivity index (χ3v) is 1.75. The average Bonchev–Trinajstić information content (AvgIpc) is 1.90. The van der Waals surface area contributed by atoms with E-state index in [1.165, 1.54) is 0 Å². The van der Waals surface area contributed by atoms with Crippen molar-refractivity contribution >= 4 is 0 Å². The molecule has 0 heterocycles. The summed E-state index contributed by atoms with van der Waals surface area (Å²) in [6.07, 6.45) is 1.85. The lowest BCUT2D eigenvalue weighted by molar-refractivity contribution is 0.422. The lowest BCUT2D eigenvalue weighted by atomic mass is 9.96. The molecule has 0 aromatic heterocycles. The molecule has 0 aliphatic rings. The minimum atomic E-state index is 0.243. The Hall–Kier alpha value is -0.0800. The molecular formula is C7H17N2. The Bertz CT molecular complexity index is 59.9. The normalized spacial score (nSPS) is 17.3. The van der Waals surface area contributed by atoms with Crippen LogP contribution in [0.5, 0.6) is 0 Å². The molecule has 2 atom stereocenters. The highest BCUT2D eigenvalue weighted by Gasteiger charge is 2.10. The topological polar surface area (TPSA) is 52.0 Å². The van der Waals surface area contributed by atoms with Gasteiger partial charge in [0.25, 0.3) is 0 Å². The van der Waals surface area contributed by atoms with Gasteiger partial charge in [0.2, 0.25) is 0 Å². The van der Waals surface area contributed by atoms with Gasteiger partial charge < -0.3 is 11.5 Å². The van der Waals surface area contributed by atoms with Crippen LogP contribution in [0.3, 0.4) is 0 Å². The van der Waals surface area contributed by atoms with E-state index < -0.39 is 0 Å². The van der Waals surface area contributed by atoms with Crippen LogP contribution in [0.15, 0.2) is 0 Å². The van der Waals surface area contributed by atoms with Crippen molar-refractivity contribution in [3.8, 4) is 0 Å². The molecule has 0 bridgehead atoms. The standard InChI is InChI=1S/C7H17N2/c1-3-6(5-8)7(9)4-2/h6-7H,1,3-5,8-9H2,2H3. The van der Waals surface area contributed by atoms with Crippen LogP contribution >= 0.6 is 0 Å². The molecule has 0 rings (SSSR count). The van der Waals surface area contributed by atoms with E-state index in [0.717, 1.165) is 12.8 Å². The van der Waals surface area contributed by atoms with E-state index in [2.05, 4.69) is 13.8 Å². The van der Waals surface area contributed by atoms with Crippen molar-refractivity contribution in [3.05, 3.63) is 6.92 Å². The van der Waals surface area contributed by atoms with E-state index in [0.29, 0.717) is 12.5 Å². The fourth-order valence-electron chi connectivity index (χ4n) is 0.840. The van der Waals surface area contributed by atoms with Crippen LogP contribution in [0.1, 0.15) is 19.8 Å². The minimum absolute atomic E-state index is 0.243. The Morgan fingerprint density at radius 2 is 2.11 bits per heavy atom. The summed E-state index contributed by atoms with van der Waals surface area (Å²) in [6, 6.07) is 0.243. The van der Waals surface area contributed by atoms with Crippen molar-refractivity contribution in [1.29, 1.82) is 0 Å². The quantitative estimate of drug-likeness (QED) is 0.581. The van der Waals surface area contributed by atoms with Gasteiger partial charge in [-0.2, -0.15) is 0 Å². The maximum Gasteiger partial charge on any atom is 0.00765 e. The summed E-state index contributed by atoms with van der Waals surface area (Å²) >= 11 is 0. The Kier molecular flexibility index (Phi) is 4.72. The first kappa shape index (κ1) is 8.92. The number of rotatable bonds is 4.